The molecule has 0 unspecified atom stereocenters. The van der Waals surface area contributed by atoms with Crippen LogP contribution >= 0.6 is 0 Å². The topological polar surface area (TPSA) is 63.2 Å². The molecule has 0 fully saturated rings. The summed E-state index contributed by atoms with van der Waals surface area (Å²) in [6.07, 6.45) is 2.25. The Hall–Kier alpha value is -0.840. The van der Waals surface area contributed by atoms with Crippen molar-refractivity contribution in [3.8, 4) is 0 Å². The summed E-state index contributed by atoms with van der Waals surface area (Å²) in [5, 5.41) is 2.53. The summed E-state index contributed by atoms with van der Waals surface area (Å²) in [4.78, 5) is 10.9. The molecule has 0 spiro atoms. The Balaban J connectivity index is 4.41. The molecule has 0 radical (unpaired) electrons. The smallest absolute Gasteiger partial charge is 0.243 e. The summed E-state index contributed by atoms with van der Waals surface area (Å²) in [5.41, 5.74) is -0.751. The molecule has 0 aliphatic rings. The lowest BCUT2D eigenvalue weighted by molar-refractivity contribution is -0.117. The van der Waals surface area contributed by atoms with Crippen LogP contribution in [0, 0.1) is 0 Å². The van der Waals surface area contributed by atoms with Crippen LogP contribution in [0.5, 0.6) is 0 Å². The zero-order valence-electron chi connectivity index (χ0n) is 8.12. The molecule has 0 bridgehead atoms. The molecule has 4 nitrogen and oxygen atoms in total. The van der Waals surface area contributed by atoms with Gasteiger partial charge in [0, 0.05) is 11.8 Å². The van der Waals surface area contributed by atoms with E-state index in [1.165, 1.54) is 0 Å². The van der Waals surface area contributed by atoms with Gasteiger partial charge in [-0.25, -0.2) is 8.42 Å². The average Bonchev–Trinajstić information content (AvgIpc) is 1.80. The molecule has 0 aliphatic carbocycles. The number of carbonyl (C=O) groups is 1. The Labute approximate surface area is 78.9 Å². The van der Waals surface area contributed by atoms with E-state index in [0.717, 1.165) is 12.3 Å². The van der Waals surface area contributed by atoms with Crippen LogP contribution in [0.4, 0.5) is 0 Å². The van der Waals surface area contributed by atoms with Gasteiger partial charge in [0.1, 0.15) is 9.84 Å². The van der Waals surface area contributed by atoms with Gasteiger partial charge >= 0.3 is 0 Å². The minimum atomic E-state index is -3.08. The summed E-state index contributed by atoms with van der Waals surface area (Å²) in [5.74, 6) is -0.451. The Bertz CT molecular complexity index is 303. The van der Waals surface area contributed by atoms with Crippen molar-refractivity contribution in [2.75, 3.05) is 12.0 Å². The molecule has 0 heterocycles. The highest BCUT2D eigenvalue weighted by Crippen LogP contribution is 2.05. The molecular weight excluding hydrogens is 190 g/mol. The number of rotatable bonds is 4. The number of hydrogen-bond donors (Lipinski definition) is 1. The summed E-state index contributed by atoms with van der Waals surface area (Å²) in [7, 11) is -3.08. The van der Waals surface area contributed by atoms with Gasteiger partial charge < -0.3 is 5.32 Å². The second-order valence-corrected chi connectivity index (χ2v) is 5.79. The number of amides is 1. The van der Waals surface area contributed by atoms with E-state index in [0.29, 0.717) is 0 Å². The van der Waals surface area contributed by atoms with E-state index in [-0.39, 0.29) is 11.7 Å². The predicted octanol–water partition coefficient (Wildman–Crippen LogP) is 0.112. The molecule has 0 aromatic carbocycles. The first-order valence-electron chi connectivity index (χ1n) is 3.78. The zero-order chi connectivity index (χ0) is 10.7. The maximum Gasteiger partial charge on any atom is 0.243 e. The van der Waals surface area contributed by atoms with Crippen molar-refractivity contribution >= 4 is 15.7 Å². The van der Waals surface area contributed by atoms with E-state index in [1.807, 2.05) is 0 Å². The number of sulfone groups is 1. The van der Waals surface area contributed by atoms with Crippen LogP contribution in [0.2, 0.25) is 0 Å². The molecule has 0 atom stereocenters. The van der Waals surface area contributed by atoms with Crippen molar-refractivity contribution in [3.05, 3.63) is 12.7 Å². The lowest BCUT2D eigenvalue weighted by atomic mass is 10.1. The largest absolute Gasteiger partial charge is 0.347 e. The third-order valence-electron chi connectivity index (χ3n) is 1.27. The highest BCUT2D eigenvalue weighted by Gasteiger charge is 2.24. The second-order valence-electron chi connectivity index (χ2n) is 3.65. The maximum atomic E-state index is 10.9. The van der Waals surface area contributed by atoms with Gasteiger partial charge in [0.15, 0.2) is 0 Å². The fourth-order valence-corrected chi connectivity index (χ4v) is 2.46. The van der Waals surface area contributed by atoms with E-state index in [9.17, 15) is 13.2 Å². The maximum absolute atomic E-state index is 10.9. The molecule has 5 heteroatoms. The third kappa shape index (κ3) is 6.33. The van der Waals surface area contributed by atoms with Crippen molar-refractivity contribution in [1.29, 1.82) is 0 Å². The normalized spacial score (nSPS) is 12.2. The Kier molecular flexibility index (Phi) is 3.66. The average molecular weight is 205 g/mol. The van der Waals surface area contributed by atoms with Crippen LogP contribution in [-0.2, 0) is 14.6 Å². The minimum Gasteiger partial charge on any atom is -0.347 e. The van der Waals surface area contributed by atoms with Gasteiger partial charge in [0.2, 0.25) is 5.91 Å². The second kappa shape index (κ2) is 3.91. The molecule has 1 amide bonds. The molecule has 0 aromatic heterocycles. The first-order chi connectivity index (χ1) is 5.66. The summed E-state index contributed by atoms with van der Waals surface area (Å²) in [6, 6.07) is 0. The summed E-state index contributed by atoms with van der Waals surface area (Å²) >= 11 is 0. The van der Waals surface area contributed by atoms with Crippen LogP contribution in [0.3, 0.4) is 0 Å². The SMILES string of the molecule is C=CC(=O)NC(C)(C)CS(C)(=O)=O. The van der Waals surface area contributed by atoms with Crippen LogP contribution < -0.4 is 5.32 Å². The van der Waals surface area contributed by atoms with Crippen LogP contribution in [-0.4, -0.2) is 31.9 Å². The Morgan fingerprint density at radius 3 is 2.31 bits per heavy atom. The van der Waals surface area contributed by atoms with Crippen molar-refractivity contribution in [2.45, 2.75) is 19.4 Å². The summed E-state index contributed by atoms with van der Waals surface area (Å²) < 4.78 is 21.9. The monoisotopic (exact) mass is 205 g/mol. The van der Waals surface area contributed by atoms with E-state index in [1.54, 1.807) is 13.8 Å². The summed E-state index contributed by atoms with van der Waals surface area (Å²) in [6.45, 7) is 6.58. The van der Waals surface area contributed by atoms with Crippen molar-refractivity contribution in [3.63, 3.8) is 0 Å². The molecule has 0 saturated heterocycles. The number of nitrogens with one attached hydrogen (secondary N) is 1. The molecular formula is C8H15NO3S. The molecule has 0 aromatic rings. The van der Waals surface area contributed by atoms with Crippen LogP contribution in [0.15, 0.2) is 12.7 Å². The van der Waals surface area contributed by atoms with Gasteiger partial charge in [0.25, 0.3) is 0 Å². The minimum absolute atomic E-state index is 0.0838. The molecule has 13 heavy (non-hydrogen) atoms. The predicted molar refractivity (Wildman–Crippen MR) is 52.1 cm³/mol. The van der Waals surface area contributed by atoms with Gasteiger partial charge in [-0.1, -0.05) is 6.58 Å². The van der Waals surface area contributed by atoms with Gasteiger partial charge in [-0.15, -0.1) is 0 Å². The Morgan fingerprint density at radius 2 is 2.00 bits per heavy atom. The molecule has 0 aliphatic heterocycles. The standard InChI is InChI=1S/C8H15NO3S/c1-5-7(10)9-8(2,3)6-13(4,11)12/h5H,1,6H2,2-4H3,(H,9,10). The fourth-order valence-electron chi connectivity index (χ4n) is 1.08. The number of hydrogen-bond acceptors (Lipinski definition) is 3. The lowest BCUT2D eigenvalue weighted by Gasteiger charge is -2.24. The number of carbonyl (C=O) groups excluding carboxylic acids is 1. The van der Waals surface area contributed by atoms with Crippen molar-refractivity contribution < 1.29 is 13.2 Å². The van der Waals surface area contributed by atoms with E-state index < -0.39 is 15.4 Å². The zero-order valence-corrected chi connectivity index (χ0v) is 8.94. The quantitative estimate of drug-likeness (QED) is 0.663. The van der Waals surface area contributed by atoms with Crippen molar-refractivity contribution in [2.24, 2.45) is 0 Å². The third-order valence-corrected chi connectivity index (χ3v) is 2.52. The van der Waals surface area contributed by atoms with Gasteiger partial charge in [-0.05, 0) is 19.9 Å². The van der Waals surface area contributed by atoms with Gasteiger partial charge in [-0.2, -0.15) is 0 Å². The molecule has 0 rings (SSSR count). The van der Waals surface area contributed by atoms with Crippen molar-refractivity contribution in [1.82, 2.24) is 5.32 Å². The van der Waals surface area contributed by atoms with E-state index in [2.05, 4.69) is 11.9 Å². The van der Waals surface area contributed by atoms with E-state index in [4.69, 9.17) is 0 Å². The highest BCUT2D eigenvalue weighted by molar-refractivity contribution is 7.90. The first kappa shape index (κ1) is 12.2. The first-order valence-corrected chi connectivity index (χ1v) is 5.85. The highest BCUT2D eigenvalue weighted by atomic mass is 32.2. The van der Waals surface area contributed by atoms with Gasteiger partial charge in [0.05, 0.1) is 5.75 Å². The van der Waals surface area contributed by atoms with Crippen LogP contribution in [0.25, 0.3) is 0 Å². The molecule has 1 N–H and O–H groups in total. The van der Waals surface area contributed by atoms with Gasteiger partial charge in [-0.3, -0.25) is 4.79 Å². The van der Waals surface area contributed by atoms with Crippen LogP contribution in [0.1, 0.15) is 13.8 Å². The molecule has 76 valence electrons. The lowest BCUT2D eigenvalue weighted by Crippen LogP contribution is -2.47. The fraction of sp³-hybridized carbons (Fsp3) is 0.625. The molecule has 0 saturated carbocycles. The Morgan fingerprint density at radius 1 is 1.54 bits per heavy atom. The van der Waals surface area contributed by atoms with E-state index >= 15 is 0 Å².